The topological polar surface area (TPSA) is 78.8 Å². The molecule has 1 aromatic carbocycles. The molecule has 18 heavy (non-hydrogen) atoms. The van der Waals surface area contributed by atoms with E-state index in [4.69, 9.17) is 38.2 Å². The van der Waals surface area contributed by atoms with Gasteiger partial charge in [-0.15, -0.1) is 0 Å². The number of carbonyl (C=O) groups is 1. The molecule has 0 heterocycles. The molecular weight excluding hydrogens is 281 g/mol. The number of aliphatic hydroxyl groups is 2. The number of hydrogen-bond acceptors (Lipinski definition) is 4. The van der Waals surface area contributed by atoms with Gasteiger partial charge >= 0.3 is 0 Å². The molecule has 0 saturated heterocycles. The van der Waals surface area contributed by atoms with Crippen LogP contribution in [0.25, 0.3) is 0 Å². The fraction of sp³-hybridized carbons (Fsp3) is 0.364. The lowest BCUT2D eigenvalue weighted by Gasteiger charge is -2.14. The van der Waals surface area contributed by atoms with Crippen molar-refractivity contribution in [1.82, 2.24) is 5.32 Å². The van der Waals surface area contributed by atoms with Crippen molar-refractivity contribution >= 4 is 29.1 Å². The minimum Gasteiger partial charge on any atom is -0.482 e. The second-order valence-corrected chi connectivity index (χ2v) is 4.34. The summed E-state index contributed by atoms with van der Waals surface area (Å²) in [6.07, 6.45) is 0. The van der Waals surface area contributed by atoms with Crippen molar-refractivity contribution in [2.24, 2.45) is 0 Å². The Bertz CT molecular complexity index is 410. The van der Waals surface area contributed by atoms with Gasteiger partial charge in [-0.05, 0) is 12.1 Å². The van der Waals surface area contributed by atoms with Crippen molar-refractivity contribution in [1.29, 1.82) is 0 Å². The van der Waals surface area contributed by atoms with Gasteiger partial charge in [0.05, 0.1) is 24.3 Å². The summed E-state index contributed by atoms with van der Waals surface area (Å²) in [5.41, 5.74) is 0. The van der Waals surface area contributed by atoms with Gasteiger partial charge in [0.1, 0.15) is 5.75 Å². The zero-order valence-corrected chi connectivity index (χ0v) is 10.9. The summed E-state index contributed by atoms with van der Waals surface area (Å²) in [5.74, 6) is -0.178. The second kappa shape index (κ2) is 7.43. The van der Waals surface area contributed by atoms with Gasteiger partial charge in [0.25, 0.3) is 5.91 Å². The molecule has 0 bridgehead atoms. The first-order valence-corrected chi connectivity index (χ1v) is 5.91. The third-order valence-electron chi connectivity index (χ3n) is 2.06. The lowest BCUT2D eigenvalue weighted by Crippen LogP contribution is -2.42. The van der Waals surface area contributed by atoms with E-state index >= 15 is 0 Å². The molecule has 0 aliphatic carbocycles. The minimum atomic E-state index is -0.698. The summed E-state index contributed by atoms with van der Waals surface area (Å²) < 4.78 is 5.18. The molecule has 1 amide bonds. The molecular formula is C11H13Cl2NO4. The molecule has 7 heteroatoms. The molecule has 3 N–H and O–H groups in total. The van der Waals surface area contributed by atoms with E-state index in [2.05, 4.69) is 5.32 Å². The Kier molecular flexibility index (Phi) is 6.21. The van der Waals surface area contributed by atoms with Gasteiger partial charge in [0.2, 0.25) is 0 Å². The van der Waals surface area contributed by atoms with Crippen LogP contribution in [0.5, 0.6) is 5.75 Å². The van der Waals surface area contributed by atoms with Crippen molar-refractivity contribution in [3.63, 3.8) is 0 Å². The van der Waals surface area contributed by atoms with E-state index in [1.165, 1.54) is 6.07 Å². The van der Waals surface area contributed by atoms with Crippen molar-refractivity contribution in [2.75, 3.05) is 19.8 Å². The number of aliphatic hydroxyl groups excluding tert-OH is 2. The molecule has 0 unspecified atom stereocenters. The zero-order valence-electron chi connectivity index (χ0n) is 9.40. The smallest absolute Gasteiger partial charge is 0.258 e. The molecule has 1 aromatic rings. The molecule has 0 aliphatic rings. The standard InChI is InChI=1S/C11H13Cl2NO4/c12-7-1-2-9(13)10(3-7)18-6-11(17)14-8(4-15)5-16/h1-3,8,15-16H,4-6H2,(H,14,17). The van der Waals surface area contributed by atoms with Gasteiger partial charge in [-0.2, -0.15) is 0 Å². The lowest BCUT2D eigenvalue weighted by atomic mass is 10.3. The molecule has 0 atom stereocenters. The van der Waals surface area contributed by atoms with Gasteiger partial charge in [0, 0.05) is 11.1 Å². The third-order valence-corrected chi connectivity index (χ3v) is 2.61. The summed E-state index contributed by atoms with van der Waals surface area (Å²) in [6, 6.07) is 3.95. The SMILES string of the molecule is O=C(COc1cc(Cl)ccc1Cl)NC(CO)CO. The van der Waals surface area contributed by atoms with E-state index in [0.29, 0.717) is 15.8 Å². The summed E-state index contributed by atoms with van der Waals surface area (Å²) in [6.45, 7) is -0.975. The normalized spacial score (nSPS) is 10.5. The zero-order chi connectivity index (χ0) is 13.5. The molecule has 5 nitrogen and oxygen atoms in total. The molecule has 0 aliphatic heterocycles. The van der Waals surface area contributed by atoms with Crippen LogP contribution in [0.2, 0.25) is 10.0 Å². The van der Waals surface area contributed by atoms with Crippen LogP contribution in [0.1, 0.15) is 0 Å². The van der Waals surface area contributed by atoms with Crippen LogP contribution in [0, 0.1) is 0 Å². The molecule has 0 aromatic heterocycles. The van der Waals surface area contributed by atoms with Crippen LogP contribution < -0.4 is 10.1 Å². The number of ether oxygens (including phenoxy) is 1. The Hall–Kier alpha value is -1.01. The molecule has 0 saturated carbocycles. The first-order chi connectivity index (χ1) is 8.56. The maximum absolute atomic E-state index is 11.4. The van der Waals surface area contributed by atoms with Crippen LogP contribution in [0.15, 0.2) is 18.2 Å². The Balaban J connectivity index is 2.49. The maximum Gasteiger partial charge on any atom is 0.258 e. The van der Waals surface area contributed by atoms with Gasteiger partial charge in [0.15, 0.2) is 6.61 Å². The Morgan fingerprint density at radius 3 is 2.61 bits per heavy atom. The highest BCUT2D eigenvalue weighted by molar-refractivity contribution is 6.34. The van der Waals surface area contributed by atoms with E-state index in [1.54, 1.807) is 12.1 Å². The van der Waals surface area contributed by atoms with Crippen LogP contribution in [0.3, 0.4) is 0 Å². The summed E-state index contributed by atoms with van der Waals surface area (Å²) in [4.78, 5) is 11.4. The predicted molar refractivity (Wildman–Crippen MR) is 68.1 cm³/mol. The van der Waals surface area contributed by atoms with Gasteiger partial charge in [-0.3, -0.25) is 4.79 Å². The Morgan fingerprint density at radius 2 is 2.00 bits per heavy atom. The second-order valence-electron chi connectivity index (χ2n) is 3.49. The number of amides is 1. The molecule has 0 fully saturated rings. The van der Waals surface area contributed by atoms with Gasteiger partial charge in [-0.1, -0.05) is 23.2 Å². The predicted octanol–water partition coefficient (Wildman–Crippen LogP) is 0.842. The quantitative estimate of drug-likeness (QED) is 0.726. The summed E-state index contributed by atoms with van der Waals surface area (Å²) in [7, 11) is 0. The molecule has 0 spiro atoms. The number of hydrogen-bond donors (Lipinski definition) is 3. The monoisotopic (exact) mass is 293 g/mol. The number of rotatable bonds is 6. The minimum absolute atomic E-state index is 0.281. The molecule has 1 rings (SSSR count). The maximum atomic E-state index is 11.4. The van der Waals surface area contributed by atoms with Crippen LogP contribution in [-0.2, 0) is 4.79 Å². The highest BCUT2D eigenvalue weighted by Crippen LogP contribution is 2.27. The van der Waals surface area contributed by atoms with E-state index in [1.807, 2.05) is 0 Å². The summed E-state index contributed by atoms with van der Waals surface area (Å²) in [5, 5.41) is 20.7. The summed E-state index contributed by atoms with van der Waals surface area (Å²) >= 11 is 11.6. The third kappa shape index (κ3) is 4.70. The average Bonchev–Trinajstić information content (AvgIpc) is 2.37. The first-order valence-electron chi connectivity index (χ1n) is 5.15. The number of nitrogens with one attached hydrogen (secondary N) is 1. The van der Waals surface area contributed by atoms with Crippen molar-refractivity contribution < 1.29 is 19.7 Å². The van der Waals surface area contributed by atoms with Crippen LogP contribution >= 0.6 is 23.2 Å². The van der Waals surface area contributed by atoms with Gasteiger partial charge in [-0.25, -0.2) is 0 Å². The number of benzene rings is 1. The van der Waals surface area contributed by atoms with E-state index in [-0.39, 0.29) is 19.8 Å². The largest absolute Gasteiger partial charge is 0.482 e. The first kappa shape index (κ1) is 15.0. The lowest BCUT2D eigenvalue weighted by molar-refractivity contribution is -0.124. The molecule has 0 radical (unpaired) electrons. The Morgan fingerprint density at radius 1 is 1.33 bits per heavy atom. The molecule has 100 valence electrons. The van der Waals surface area contributed by atoms with E-state index in [0.717, 1.165) is 0 Å². The number of halogens is 2. The fourth-order valence-electron chi connectivity index (χ4n) is 1.15. The van der Waals surface area contributed by atoms with Crippen molar-refractivity contribution in [3.05, 3.63) is 28.2 Å². The van der Waals surface area contributed by atoms with Crippen LogP contribution in [-0.4, -0.2) is 42.0 Å². The fourth-order valence-corrected chi connectivity index (χ4v) is 1.48. The highest BCUT2D eigenvalue weighted by Gasteiger charge is 2.11. The Labute approximate surface area is 114 Å². The van der Waals surface area contributed by atoms with Crippen molar-refractivity contribution in [3.8, 4) is 5.75 Å². The number of carbonyl (C=O) groups excluding carboxylic acids is 1. The van der Waals surface area contributed by atoms with Gasteiger partial charge < -0.3 is 20.3 Å². The van der Waals surface area contributed by atoms with Crippen molar-refractivity contribution in [2.45, 2.75) is 6.04 Å². The van der Waals surface area contributed by atoms with E-state index < -0.39 is 11.9 Å². The average molecular weight is 294 g/mol. The van der Waals surface area contributed by atoms with Crippen LogP contribution in [0.4, 0.5) is 0 Å². The highest BCUT2D eigenvalue weighted by atomic mass is 35.5. The van der Waals surface area contributed by atoms with E-state index in [9.17, 15) is 4.79 Å².